The summed E-state index contributed by atoms with van der Waals surface area (Å²) in [6, 6.07) is 67.3. The first-order chi connectivity index (χ1) is 33.0. The van der Waals surface area contributed by atoms with Gasteiger partial charge in [0.05, 0.1) is 35.6 Å². The lowest BCUT2D eigenvalue weighted by Crippen LogP contribution is -2.29. The highest BCUT2D eigenvalue weighted by Gasteiger charge is 2.49. The predicted octanol–water partition coefficient (Wildman–Crippen LogP) is 14.7. The second-order valence-electron chi connectivity index (χ2n) is 18.3. The molecule has 0 atom stereocenters. The third-order valence-corrected chi connectivity index (χ3v) is 13.1. The maximum atomic E-state index is 15.4. The van der Waals surface area contributed by atoms with E-state index in [4.69, 9.17) is 0 Å². The van der Waals surface area contributed by atoms with E-state index in [1.807, 2.05) is 9.80 Å². The molecule has 0 fully saturated rings. The molecule has 0 aliphatic carbocycles. The van der Waals surface area contributed by atoms with Gasteiger partial charge in [-0.05, 0) is 137 Å². The van der Waals surface area contributed by atoms with Gasteiger partial charge in [0, 0.05) is 34.1 Å². The number of carbonyl (C=O) groups is 2. The van der Waals surface area contributed by atoms with E-state index in [2.05, 4.69) is 245 Å². The van der Waals surface area contributed by atoms with E-state index < -0.39 is 0 Å². The quantitative estimate of drug-likeness (QED) is 0.123. The van der Waals surface area contributed by atoms with Crippen LogP contribution in [0.2, 0.25) is 0 Å². The van der Waals surface area contributed by atoms with Crippen molar-refractivity contribution in [2.75, 3.05) is 9.80 Å². The predicted molar refractivity (Wildman–Crippen MR) is 278 cm³/mol. The van der Waals surface area contributed by atoms with Crippen molar-refractivity contribution >= 4 is 57.3 Å². The van der Waals surface area contributed by atoms with Crippen LogP contribution in [-0.4, -0.2) is 21.6 Å². The molecule has 0 unspecified atom stereocenters. The van der Waals surface area contributed by atoms with Gasteiger partial charge in [-0.2, -0.15) is 0 Å². The van der Waals surface area contributed by atoms with Crippen LogP contribution < -0.4 is 9.80 Å². The molecule has 0 radical (unpaired) electrons. The Balaban J connectivity index is 1.12. The monoisotopic (exact) mass is 886 g/mol. The summed E-state index contributed by atoms with van der Waals surface area (Å²) in [7, 11) is 0. The third kappa shape index (κ3) is 8.53. The van der Waals surface area contributed by atoms with Crippen LogP contribution in [-0.2, 0) is 22.7 Å². The van der Waals surface area contributed by atoms with E-state index in [1.54, 1.807) is 0 Å². The van der Waals surface area contributed by atoms with Crippen LogP contribution in [0.1, 0.15) is 55.6 Å². The van der Waals surface area contributed by atoms with Gasteiger partial charge in [0.2, 0.25) is 0 Å². The summed E-state index contributed by atoms with van der Waals surface area (Å²) in [6.45, 7) is 13.1. The van der Waals surface area contributed by atoms with Crippen LogP contribution in [0.4, 0.5) is 34.1 Å². The molecule has 10 rings (SSSR count). The van der Waals surface area contributed by atoms with E-state index in [9.17, 15) is 0 Å². The van der Waals surface area contributed by atoms with Crippen molar-refractivity contribution in [2.45, 2.75) is 54.6 Å². The molecule has 0 aromatic heterocycles. The lowest BCUT2D eigenvalue weighted by molar-refractivity contribution is -0.124. The van der Waals surface area contributed by atoms with Crippen molar-refractivity contribution in [3.05, 3.63) is 261 Å². The molecule has 68 heavy (non-hydrogen) atoms. The number of aryl methyl sites for hydroxylation is 6. The Labute approximate surface area is 400 Å². The number of fused-ring (bicyclic) bond motifs is 1. The Morgan fingerprint density at radius 3 is 0.735 bits per heavy atom. The summed E-state index contributed by atoms with van der Waals surface area (Å²) in [5.74, 6) is -0.388. The number of hydrogen-bond acceptors (Lipinski definition) is 4. The van der Waals surface area contributed by atoms with Gasteiger partial charge in [-0.1, -0.05) is 155 Å². The largest absolute Gasteiger partial charge is 0.311 e. The van der Waals surface area contributed by atoms with Crippen LogP contribution >= 0.6 is 0 Å². The highest BCUT2D eigenvalue weighted by atomic mass is 16.2. The molecule has 0 saturated carbocycles. The maximum Gasteiger partial charge on any atom is 0.261 e. The van der Waals surface area contributed by atoms with Crippen molar-refractivity contribution in [3.8, 4) is 0 Å². The van der Waals surface area contributed by atoms with Crippen LogP contribution in [0, 0.1) is 41.5 Å². The number of carbonyl (C=O) groups excluding carboxylic acids is 2. The highest BCUT2D eigenvalue weighted by Crippen LogP contribution is 2.49. The first-order valence-corrected chi connectivity index (χ1v) is 23.3. The molecule has 0 saturated heterocycles. The first-order valence-electron chi connectivity index (χ1n) is 23.3. The number of benzene rings is 8. The fourth-order valence-electron chi connectivity index (χ4n) is 9.26. The van der Waals surface area contributed by atoms with Crippen LogP contribution in [0.25, 0.3) is 11.4 Å². The number of hydrogen-bond donors (Lipinski definition) is 0. The molecule has 334 valence electrons. The minimum absolute atomic E-state index is 0.194. The molecule has 2 amide bonds. The highest BCUT2D eigenvalue weighted by molar-refractivity contribution is 6.30. The van der Waals surface area contributed by atoms with Gasteiger partial charge in [-0.25, -0.2) is 0 Å². The average molecular weight is 887 g/mol. The lowest BCUT2D eigenvalue weighted by atomic mass is 10.0. The van der Waals surface area contributed by atoms with Crippen molar-refractivity contribution in [2.24, 2.45) is 0 Å². The van der Waals surface area contributed by atoms with Gasteiger partial charge in [0.15, 0.2) is 0 Å². The van der Waals surface area contributed by atoms with Crippen molar-refractivity contribution in [3.63, 3.8) is 0 Å². The zero-order valence-electron chi connectivity index (χ0n) is 39.5. The molecule has 6 nitrogen and oxygen atoms in total. The van der Waals surface area contributed by atoms with Crippen molar-refractivity contribution in [1.82, 2.24) is 9.80 Å². The van der Waals surface area contributed by atoms with Gasteiger partial charge < -0.3 is 19.6 Å². The third-order valence-electron chi connectivity index (χ3n) is 13.1. The molecule has 8 aromatic carbocycles. The van der Waals surface area contributed by atoms with Crippen LogP contribution in [0.5, 0.6) is 0 Å². The second-order valence-corrected chi connectivity index (χ2v) is 18.3. The Morgan fingerprint density at radius 2 is 0.500 bits per heavy atom. The SMILES string of the molecule is Cc1ccc(CN2C(=O)C3=C(c4ccc(N(c5ccc(C)cc5)c5ccc(C)cc5)cc4)N(Cc4ccc(C)cc4)C(=O)C3=C2c2ccc(N(c3ccc(C)cc3)c3ccc(C)cc3)cc2)cc1. The summed E-state index contributed by atoms with van der Waals surface area (Å²) in [5, 5.41) is 0. The zero-order chi connectivity index (χ0) is 47.1. The Hall–Kier alpha value is -8.22. The number of amides is 2. The topological polar surface area (TPSA) is 47.1 Å². The molecule has 8 aromatic rings. The van der Waals surface area contributed by atoms with E-state index in [-0.39, 0.29) is 11.8 Å². The number of anilines is 6. The fourth-order valence-corrected chi connectivity index (χ4v) is 9.26. The maximum absolute atomic E-state index is 15.4. The summed E-state index contributed by atoms with van der Waals surface area (Å²) in [5.41, 5.74) is 18.7. The molecular weight excluding hydrogens is 833 g/mol. The van der Waals surface area contributed by atoms with Gasteiger partial charge in [0.25, 0.3) is 11.8 Å². The Kier molecular flexibility index (Phi) is 11.7. The normalized spacial score (nSPS) is 13.4. The molecule has 6 heteroatoms. The summed E-state index contributed by atoms with van der Waals surface area (Å²) in [6.07, 6.45) is 0. The molecule has 2 aliphatic rings. The lowest BCUT2D eigenvalue weighted by Gasteiger charge is -2.28. The smallest absolute Gasteiger partial charge is 0.261 e. The van der Waals surface area contributed by atoms with E-state index in [1.165, 1.54) is 22.3 Å². The molecule has 0 bridgehead atoms. The van der Waals surface area contributed by atoms with Gasteiger partial charge in [-0.15, -0.1) is 0 Å². The molecule has 2 aliphatic heterocycles. The van der Waals surface area contributed by atoms with Crippen LogP contribution in [0.15, 0.2) is 205 Å². The Morgan fingerprint density at radius 1 is 0.294 bits per heavy atom. The Bertz CT molecular complexity index is 2890. The summed E-state index contributed by atoms with van der Waals surface area (Å²) < 4.78 is 0. The van der Waals surface area contributed by atoms with Crippen molar-refractivity contribution < 1.29 is 9.59 Å². The van der Waals surface area contributed by atoms with E-state index in [0.717, 1.165) is 67.5 Å². The first kappa shape index (κ1) is 43.7. The van der Waals surface area contributed by atoms with E-state index in [0.29, 0.717) is 35.6 Å². The standard InChI is InChI=1S/C62H54N4O2/c1-41-7-19-47(20-8-41)39-63-59(49-23-35-55(36-24-49)65(51-27-11-43(3)12-28-51)52-29-13-44(4)14-30-52)57-58(61(63)67)60(64(62(57)68)40-48-21-9-42(2)10-22-48)50-25-37-56(38-26-50)66(53-31-15-45(5)16-32-53)54-33-17-46(6)18-34-54/h7-38H,39-40H2,1-6H3. The molecule has 2 heterocycles. The number of rotatable bonds is 12. The summed E-state index contributed by atoms with van der Waals surface area (Å²) >= 11 is 0. The number of nitrogens with zero attached hydrogens (tertiary/aromatic N) is 4. The minimum Gasteiger partial charge on any atom is -0.311 e. The minimum atomic E-state index is -0.194. The summed E-state index contributed by atoms with van der Waals surface area (Å²) in [4.78, 5) is 39.0. The fraction of sp³-hybridized carbons (Fsp3) is 0.129. The zero-order valence-corrected chi connectivity index (χ0v) is 39.5. The van der Waals surface area contributed by atoms with Gasteiger partial charge in [-0.3, -0.25) is 9.59 Å². The average Bonchev–Trinajstić information content (AvgIpc) is 3.79. The van der Waals surface area contributed by atoms with Gasteiger partial charge in [0.1, 0.15) is 0 Å². The van der Waals surface area contributed by atoms with E-state index >= 15 is 9.59 Å². The van der Waals surface area contributed by atoms with Gasteiger partial charge >= 0.3 is 0 Å². The molecule has 0 N–H and O–H groups in total. The van der Waals surface area contributed by atoms with Crippen LogP contribution in [0.3, 0.4) is 0 Å². The molecule has 0 spiro atoms. The second kappa shape index (κ2) is 18.2. The molecular formula is C62H54N4O2. The van der Waals surface area contributed by atoms with Crippen molar-refractivity contribution in [1.29, 1.82) is 0 Å².